The summed E-state index contributed by atoms with van der Waals surface area (Å²) in [5.74, 6) is -1.89. The van der Waals surface area contributed by atoms with Crippen molar-refractivity contribution in [1.29, 1.82) is 0 Å². The summed E-state index contributed by atoms with van der Waals surface area (Å²) >= 11 is 3.21. The summed E-state index contributed by atoms with van der Waals surface area (Å²) in [6.45, 7) is 0. The number of rotatable bonds is 4. The zero-order valence-electron chi connectivity index (χ0n) is 10.8. The Labute approximate surface area is 128 Å². The van der Waals surface area contributed by atoms with E-state index in [0.717, 1.165) is 0 Å². The first-order chi connectivity index (χ1) is 9.97. The minimum absolute atomic E-state index is 0.00293. The molecule has 21 heavy (non-hydrogen) atoms. The number of carboxylic acid groups (broad SMARTS) is 1. The van der Waals surface area contributed by atoms with Crippen LogP contribution in [-0.2, 0) is 11.2 Å². The van der Waals surface area contributed by atoms with Crippen molar-refractivity contribution in [3.05, 3.63) is 63.9 Å². The van der Waals surface area contributed by atoms with E-state index in [1.165, 1.54) is 30.3 Å². The molecule has 0 fully saturated rings. The van der Waals surface area contributed by atoms with Crippen LogP contribution in [0.1, 0.15) is 15.9 Å². The fraction of sp³-hybridized carbons (Fsp3) is 0.0667. The molecular formula is C15H11BrFNO3. The smallest absolute Gasteiger partial charge is 0.337 e. The van der Waals surface area contributed by atoms with Crippen LogP contribution in [0, 0.1) is 5.82 Å². The van der Waals surface area contributed by atoms with E-state index in [1.54, 1.807) is 12.1 Å². The van der Waals surface area contributed by atoms with Crippen molar-refractivity contribution >= 4 is 33.5 Å². The molecule has 4 nitrogen and oxygen atoms in total. The van der Waals surface area contributed by atoms with Gasteiger partial charge >= 0.3 is 5.97 Å². The van der Waals surface area contributed by atoms with Crippen LogP contribution in [0.4, 0.5) is 10.1 Å². The number of carbonyl (C=O) groups is 2. The molecule has 0 unspecified atom stereocenters. The van der Waals surface area contributed by atoms with Gasteiger partial charge in [-0.2, -0.15) is 0 Å². The van der Waals surface area contributed by atoms with Gasteiger partial charge in [0.15, 0.2) is 0 Å². The van der Waals surface area contributed by atoms with Crippen molar-refractivity contribution in [2.75, 3.05) is 5.32 Å². The molecule has 0 saturated heterocycles. The van der Waals surface area contributed by atoms with Crippen molar-refractivity contribution in [3.8, 4) is 0 Å². The van der Waals surface area contributed by atoms with E-state index < -0.39 is 5.97 Å². The number of carbonyl (C=O) groups excluding carboxylic acids is 1. The Morgan fingerprint density at radius 1 is 1.14 bits per heavy atom. The standard InChI is InChI=1S/C15H11BrFNO3/c16-12-3-1-2-11(15(20)21)14(12)18-13(19)8-9-4-6-10(17)7-5-9/h1-7H,8H2,(H,18,19)(H,20,21). The molecule has 0 aromatic heterocycles. The van der Waals surface area contributed by atoms with Gasteiger partial charge in [0.1, 0.15) is 5.82 Å². The highest BCUT2D eigenvalue weighted by atomic mass is 79.9. The lowest BCUT2D eigenvalue weighted by molar-refractivity contribution is -0.115. The van der Waals surface area contributed by atoms with Crippen LogP contribution in [-0.4, -0.2) is 17.0 Å². The summed E-state index contributed by atoms with van der Waals surface area (Å²) < 4.78 is 13.3. The van der Waals surface area contributed by atoms with Crippen LogP contribution < -0.4 is 5.32 Å². The van der Waals surface area contributed by atoms with Crippen LogP contribution in [0.15, 0.2) is 46.9 Å². The second kappa shape index (κ2) is 6.49. The van der Waals surface area contributed by atoms with Gasteiger partial charge in [0.2, 0.25) is 5.91 Å². The summed E-state index contributed by atoms with van der Waals surface area (Å²) in [5.41, 5.74) is 0.840. The third-order valence-electron chi connectivity index (χ3n) is 2.79. The maximum atomic E-state index is 12.8. The van der Waals surface area contributed by atoms with E-state index in [-0.39, 0.29) is 29.4 Å². The molecule has 0 aliphatic rings. The van der Waals surface area contributed by atoms with Crippen LogP contribution in [0.3, 0.4) is 0 Å². The summed E-state index contributed by atoms with van der Waals surface area (Å²) in [7, 11) is 0. The Kier molecular flexibility index (Phi) is 4.70. The topological polar surface area (TPSA) is 66.4 Å². The van der Waals surface area contributed by atoms with E-state index in [0.29, 0.717) is 10.0 Å². The van der Waals surface area contributed by atoms with E-state index >= 15 is 0 Å². The number of hydrogen-bond acceptors (Lipinski definition) is 2. The van der Waals surface area contributed by atoms with Gasteiger partial charge in [0.25, 0.3) is 0 Å². The maximum Gasteiger partial charge on any atom is 0.337 e. The fourth-order valence-electron chi connectivity index (χ4n) is 1.80. The van der Waals surface area contributed by atoms with Crippen LogP contribution in [0.2, 0.25) is 0 Å². The molecule has 0 atom stereocenters. The number of halogens is 2. The number of carboxylic acids is 1. The molecule has 0 saturated carbocycles. The number of para-hydroxylation sites is 1. The molecule has 0 aliphatic heterocycles. The first-order valence-electron chi connectivity index (χ1n) is 6.03. The molecule has 1 amide bonds. The molecule has 0 aliphatic carbocycles. The molecule has 2 rings (SSSR count). The van der Waals surface area contributed by atoms with Gasteiger partial charge in [0.05, 0.1) is 17.7 Å². The number of benzene rings is 2. The lowest BCUT2D eigenvalue weighted by Gasteiger charge is -2.10. The van der Waals surface area contributed by atoms with Crippen molar-refractivity contribution < 1.29 is 19.1 Å². The van der Waals surface area contributed by atoms with Crippen molar-refractivity contribution in [3.63, 3.8) is 0 Å². The summed E-state index contributed by atoms with van der Waals surface area (Å²) in [4.78, 5) is 23.1. The summed E-state index contributed by atoms with van der Waals surface area (Å²) in [6.07, 6.45) is 0.0284. The minimum Gasteiger partial charge on any atom is -0.478 e. The lowest BCUT2D eigenvalue weighted by atomic mass is 10.1. The Bertz CT molecular complexity index is 686. The van der Waals surface area contributed by atoms with Crippen LogP contribution in [0.25, 0.3) is 0 Å². The SMILES string of the molecule is O=C(Cc1ccc(F)cc1)Nc1c(Br)cccc1C(=O)O. The van der Waals surface area contributed by atoms with Crippen molar-refractivity contribution in [2.45, 2.75) is 6.42 Å². The lowest BCUT2D eigenvalue weighted by Crippen LogP contribution is -2.17. The Hall–Kier alpha value is -2.21. The molecule has 2 aromatic carbocycles. The van der Waals surface area contributed by atoms with E-state index in [1.807, 2.05) is 0 Å². The second-order valence-electron chi connectivity index (χ2n) is 4.32. The summed E-state index contributed by atoms with van der Waals surface area (Å²) in [5, 5.41) is 11.7. The Morgan fingerprint density at radius 2 is 1.81 bits per heavy atom. The number of hydrogen-bond donors (Lipinski definition) is 2. The number of anilines is 1. The first-order valence-corrected chi connectivity index (χ1v) is 6.83. The Morgan fingerprint density at radius 3 is 2.43 bits per heavy atom. The van der Waals surface area contributed by atoms with Gasteiger partial charge in [-0.3, -0.25) is 4.79 Å². The van der Waals surface area contributed by atoms with Crippen LogP contribution in [0.5, 0.6) is 0 Å². The highest BCUT2D eigenvalue weighted by Gasteiger charge is 2.15. The highest BCUT2D eigenvalue weighted by Crippen LogP contribution is 2.26. The van der Waals surface area contributed by atoms with Gasteiger partial charge in [0, 0.05) is 4.47 Å². The van der Waals surface area contributed by atoms with Gasteiger partial charge in [-0.25, -0.2) is 9.18 Å². The first kappa shape index (κ1) is 15.2. The molecule has 0 radical (unpaired) electrons. The zero-order chi connectivity index (χ0) is 15.4. The van der Waals surface area contributed by atoms with Crippen molar-refractivity contribution in [2.24, 2.45) is 0 Å². The predicted octanol–water partition coefficient (Wildman–Crippen LogP) is 3.47. The normalized spacial score (nSPS) is 10.2. The van der Waals surface area contributed by atoms with Crippen LogP contribution >= 0.6 is 15.9 Å². The molecule has 6 heteroatoms. The molecular weight excluding hydrogens is 341 g/mol. The van der Waals surface area contributed by atoms with E-state index in [9.17, 15) is 14.0 Å². The monoisotopic (exact) mass is 351 g/mol. The highest BCUT2D eigenvalue weighted by molar-refractivity contribution is 9.10. The van der Waals surface area contributed by atoms with E-state index in [2.05, 4.69) is 21.2 Å². The fourth-order valence-corrected chi connectivity index (χ4v) is 2.27. The van der Waals surface area contributed by atoms with Gasteiger partial charge in [-0.1, -0.05) is 18.2 Å². The molecule has 2 N–H and O–H groups in total. The summed E-state index contributed by atoms with van der Waals surface area (Å²) in [6, 6.07) is 10.2. The average Bonchev–Trinajstić information content (AvgIpc) is 2.43. The van der Waals surface area contributed by atoms with E-state index in [4.69, 9.17) is 5.11 Å². The van der Waals surface area contributed by atoms with Gasteiger partial charge in [-0.15, -0.1) is 0 Å². The zero-order valence-corrected chi connectivity index (χ0v) is 12.4. The molecule has 0 bridgehead atoms. The van der Waals surface area contributed by atoms with Crippen molar-refractivity contribution in [1.82, 2.24) is 0 Å². The number of aromatic carboxylic acids is 1. The average molecular weight is 352 g/mol. The molecule has 0 heterocycles. The molecule has 2 aromatic rings. The predicted molar refractivity (Wildman–Crippen MR) is 79.8 cm³/mol. The Balaban J connectivity index is 2.16. The minimum atomic E-state index is -1.13. The second-order valence-corrected chi connectivity index (χ2v) is 5.17. The third kappa shape index (κ3) is 3.88. The molecule has 108 valence electrons. The maximum absolute atomic E-state index is 12.8. The van der Waals surface area contributed by atoms with Gasteiger partial charge in [-0.05, 0) is 45.8 Å². The van der Waals surface area contributed by atoms with Gasteiger partial charge < -0.3 is 10.4 Å². The third-order valence-corrected chi connectivity index (χ3v) is 3.45. The largest absolute Gasteiger partial charge is 0.478 e. The number of nitrogens with one attached hydrogen (secondary N) is 1. The molecule has 0 spiro atoms. The quantitative estimate of drug-likeness (QED) is 0.886. The number of amides is 1.